The van der Waals surface area contributed by atoms with Gasteiger partial charge < -0.3 is 4.90 Å². The van der Waals surface area contributed by atoms with Gasteiger partial charge in [0.05, 0.1) is 0 Å². The quantitative estimate of drug-likeness (QED) is 0.190. The highest BCUT2D eigenvalue weighted by molar-refractivity contribution is 6.20. The molecule has 210 valence electrons. The standard InChI is InChI=1S/C44H29N/c1-2-8-30(9-3-1)31-20-22-37(23-21-31)45(38-24-26-41-35(28-38)18-15-32-10-4-6-12-40(32)41)39-25-27-43-36(29-39)19-17-34-16-14-33-11-5-7-13-42(33)44(34)43/h1-29H. The third-order valence-corrected chi connectivity index (χ3v) is 9.19. The molecule has 1 heteroatoms. The Hall–Kier alpha value is -5.92. The van der Waals surface area contributed by atoms with Gasteiger partial charge in [-0.3, -0.25) is 0 Å². The van der Waals surface area contributed by atoms with Gasteiger partial charge in [-0.1, -0.05) is 140 Å². The first kappa shape index (κ1) is 25.6. The van der Waals surface area contributed by atoms with Crippen molar-refractivity contribution in [1.82, 2.24) is 0 Å². The monoisotopic (exact) mass is 571 g/mol. The number of rotatable bonds is 4. The molecule has 0 saturated heterocycles. The van der Waals surface area contributed by atoms with E-state index in [1.165, 1.54) is 65.0 Å². The van der Waals surface area contributed by atoms with E-state index < -0.39 is 0 Å². The Morgan fingerprint density at radius 3 is 1.42 bits per heavy atom. The second-order valence-electron chi connectivity index (χ2n) is 11.8. The highest BCUT2D eigenvalue weighted by Gasteiger charge is 2.16. The van der Waals surface area contributed by atoms with E-state index in [2.05, 4.69) is 181 Å². The van der Waals surface area contributed by atoms with Crippen LogP contribution in [0.3, 0.4) is 0 Å². The maximum atomic E-state index is 2.39. The van der Waals surface area contributed by atoms with Crippen LogP contribution in [0, 0.1) is 0 Å². The lowest BCUT2D eigenvalue weighted by Crippen LogP contribution is -2.10. The van der Waals surface area contributed by atoms with Crippen LogP contribution in [-0.2, 0) is 0 Å². The van der Waals surface area contributed by atoms with Gasteiger partial charge >= 0.3 is 0 Å². The molecule has 0 aromatic heterocycles. The molecule has 0 fully saturated rings. The zero-order valence-corrected chi connectivity index (χ0v) is 24.7. The van der Waals surface area contributed by atoms with E-state index in [0.29, 0.717) is 0 Å². The Bertz CT molecular complexity index is 2530. The fraction of sp³-hybridized carbons (Fsp3) is 0. The molecule has 45 heavy (non-hydrogen) atoms. The van der Waals surface area contributed by atoms with Crippen molar-refractivity contribution in [3.05, 3.63) is 176 Å². The molecule has 0 saturated carbocycles. The Balaban J connectivity index is 1.24. The first-order valence-corrected chi connectivity index (χ1v) is 15.5. The summed E-state index contributed by atoms with van der Waals surface area (Å²) < 4.78 is 0. The van der Waals surface area contributed by atoms with Crippen molar-refractivity contribution in [2.24, 2.45) is 0 Å². The average Bonchev–Trinajstić information content (AvgIpc) is 3.12. The summed E-state index contributed by atoms with van der Waals surface area (Å²) in [6, 6.07) is 64.1. The Labute approximate surface area is 262 Å². The van der Waals surface area contributed by atoms with E-state index in [-0.39, 0.29) is 0 Å². The second-order valence-corrected chi connectivity index (χ2v) is 11.8. The van der Waals surface area contributed by atoms with Gasteiger partial charge in [-0.25, -0.2) is 0 Å². The predicted octanol–water partition coefficient (Wildman–Crippen LogP) is 12.6. The summed E-state index contributed by atoms with van der Waals surface area (Å²) >= 11 is 0. The lowest BCUT2D eigenvalue weighted by atomic mass is 9.96. The SMILES string of the molecule is c1ccc(-c2ccc(N(c3ccc4c(ccc5ccccc54)c3)c3ccc4c(ccc5ccc6ccccc6c54)c3)cc2)cc1. The molecule has 1 nitrogen and oxygen atoms in total. The minimum absolute atomic E-state index is 1.13. The van der Waals surface area contributed by atoms with Gasteiger partial charge in [-0.15, -0.1) is 0 Å². The van der Waals surface area contributed by atoms with Crippen molar-refractivity contribution in [3.8, 4) is 11.1 Å². The fourth-order valence-corrected chi connectivity index (χ4v) is 6.98. The van der Waals surface area contributed by atoms with E-state index in [9.17, 15) is 0 Å². The van der Waals surface area contributed by atoms with E-state index in [0.717, 1.165) is 17.1 Å². The molecule has 0 amide bonds. The fourth-order valence-electron chi connectivity index (χ4n) is 6.98. The van der Waals surface area contributed by atoms with Gasteiger partial charge in [0.2, 0.25) is 0 Å². The van der Waals surface area contributed by atoms with E-state index in [1.54, 1.807) is 0 Å². The molecule has 0 aliphatic carbocycles. The predicted molar refractivity (Wildman–Crippen MR) is 194 cm³/mol. The molecule has 9 aromatic carbocycles. The minimum atomic E-state index is 1.13. The third-order valence-electron chi connectivity index (χ3n) is 9.19. The number of hydrogen-bond acceptors (Lipinski definition) is 1. The maximum absolute atomic E-state index is 2.39. The van der Waals surface area contributed by atoms with Crippen LogP contribution >= 0.6 is 0 Å². The average molecular weight is 572 g/mol. The Morgan fingerprint density at radius 1 is 0.267 bits per heavy atom. The molecule has 0 N–H and O–H groups in total. The van der Waals surface area contributed by atoms with Gasteiger partial charge in [0.25, 0.3) is 0 Å². The van der Waals surface area contributed by atoms with Crippen LogP contribution in [0.5, 0.6) is 0 Å². The number of fused-ring (bicyclic) bond motifs is 8. The summed E-state index contributed by atoms with van der Waals surface area (Å²) in [5.74, 6) is 0. The minimum Gasteiger partial charge on any atom is -0.310 e. The molecular formula is C44H29N. The van der Waals surface area contributed by atoms with Crippen LogP contribution in [0.25, 0.3) is 65.0 Å². The number of hydrogen-bond donors (Lipinski definition) is 0. The highest BCUT2D eigenvalue weighted by atomic mass is 15.1. The van der Waals surface area contributed by atoms with Crippen LogP contribution in [0.15, 0.2) is 176 Å². The molecule has 0 heterocycles. The van der Waals surface area contributed by atoms with Crippen molar-refractivity contribution >= 4 is 70.9 Å². The molecule has 0 aliphatic heterocycles. The second kappa shape index (κ2) is 10.4. The molecule has 9 aromatic rings. The molecule has 0 spiro atoms. The first-order valence-electron chi connectivity index (χ1n) is 15.5. The molecule has 0 unspecified atom stereocenters. The summed E-state index contributed by atoms with van der Waals surface area (Å²) in [5.41, 5.74) is 5.82. The van der Waals surface area contributed by atoms with E-state index in [4.69, 9.17) is 0 Å². The number of nitrogens with zero attached hydrogens (tertiary/aromatic N) is 1. The summed E-state index contributed by atoms with van der Waals surface area (Å²) in [5, 5.41) is 12.7. The smallest absolute Gasteiger partial charge is 0.0468 e. The maximum Gasteiger partial charge on any atom is 0.0468 e. The molecule has 9 rings (SSSR count). The van der Waals surface area contributed by atoms with Crippen molar-refractivity contribution in [3.63, 3.8) is 0 Å². The van der Waals surface area contributed by atoms with Crippen LogP contribution < -0.4 is 4.90 Å². The zero-order valence-electron chi connectivity index (χ0n) is 24.7. The van der Waals surface area contributed by atoms with Crippen molar-refractivity contribution in [2.45, 2.75) is 0 Å². The summed E-state index contributed by atoms with van der Waals surface area (Å²) in [6.45, 7) is 0. The van der Waals surface area contributed by atoms with Crippen LogP contribution in [0.4, 0.5) is 17.1 Å². The molecule has 0 atom stereocenters. The van der Waals surface area contributed by atoms with Gasteiger partial charge in [0.1, 0.15) is 0 Å². The number of benzene rings is 9. The lowest BCUT2D eigenvalue weighted by molar-refractivity contribution is 1.29. The van der Waals surface area contributed by atoms with Crippen molar-refractivity contribution < 1.29 is 0 Å². The normalized spacial score (nSPS) is 11.6. The van der Waals surface area contributed by atoms with Crippen molar-refractivity contribution in [1.29, 1.82) is 0 Å². The van der Waals surface area contributed by atoms with E-state index >= 15 is 0 Å². The van der Waals surface area contributed by atoms with Gasteiger partial charge in [0.15, 0.2) is 0 Å². The summed E-state index contributed by atoms with van der Waals surface area (Å²) in [6.07, 6.45) is 0. The largest absolute Gasteiger partial charge is 0.310 e. The van der Waals surface area contributed by atoms with Crippen LogP contribution in [-0.4, -0.2) is 0 Å². The summed E-state index contributed by atoms with van der Waals surface area (Å²) in [7, 11) is 0. The van der Waals surface area contributed by atoms with Gasteiger partial charge in [0, 0.05) is 17.1 Å². The van der Waals surface area contributed by atoms with Gasteiger partial charge in [-0.05, 0) is 101 Å². The van der Waals surface area contributed by atoms with E-state index in [1.807, 2.05) is 0 Å². The lowest BCUT2D eigenvalue weighted by Gasteiger charge is -2.27. The Kier molecular flexibility index (Phi) is 5.89. The third kappa shape index (κ3) is 4.32. The zero-order chi connectivity index (χ0) is 29.7. The molecule has 0 radical (unpaired) electrons. The number of anilines is 3. The summed E-state index contributed by atoms with van der Waals surface area (Å²) in [4.78, 5) is 2.39. The highest BCUT2D eigenvalue weighted by Crippen LogP contribution is 2.41. The van der Waals surface area contributed by atoms with Crippen LogP contribution in [0.2, 0.25) is 0 Å². The van der Waals surface area contributed by atoms with Gasteiger partial charge in [-0.2, -0.15) is 0 Å². The molecule has 0 bridgehead atoms. The Morgan fingerprint density at radius 2 is 0.711 bits per heavy atom. The molecular weight excluding hydrogens is 542 g/mol. The topological polar surface area (TPSA) is 3.24 Å². The van der Waals surface area contributed by atoms with Crippen LogP contribution in [0.1, 0.15) is 0 Å². The van der Waals surface area contributed by atoms with Crippen molar-refractivity contribution in [2.75, 3.05) is 4.90 Å². The molecule has 0 aliphatic rings. The first-order chi connectivity index (χ1) is 22.3.